The zero-order valence-electron chi connectivity index (χ0n) is 7.25. The normalized spacial score (nSPS) is 22.2. The Balaban J connectivity index is 2.31. The van der Waals surface area contributed by atoms with Crippen LogP contribution in [0.15, 0.2) is 11.6 Å². The van der Waals surface area contributed by atoms with Gasteiger partial charge in [-0.25, -0.2) is 0 Å². The molecule has 0 saturated carbocycles. The van der Waals surface area contributed by atoms with Crippen molar-refractivity contribution in [3.8, 4) is 0 Å². The van der Waals surface area contributed by atoms with Crippen molar-refractivity contribution in [3.63, 3.8) is 0 Å². The molecule has 1 aliphatic rings. The second kappa shape index (κ2) is 4.26. The van der Waals surface area contributed by atoms with E-state index in [1.807, 2.05) is 0 Å². The van der Waals surface area contributed by atoms with Crippen molar-refractivity contribution in [2.75, 3.05) is 6.61 Å². The molecule has 0 amide bonds. The molecule has 0 aromatic heterocycles. The third-order valence-corrected chi connectivity index (χ3v) is 1.87. The van der Waals surface area contributed by atoms with Crippen molar-refractivity contribution >= 4 is 5.97 Å². The number of ether oxygens (including phenoxy) is 1. The highest BCUT2D eigenvalue weighted by molar-refractivity contribution is 5.72. The van der Waals surface area contributed by atoms with Crippen LogP contribution in [0.4, 0.5) is 0 Å². The van der Waals surface area contributed by atoms with E-state index in [9.17, 15) is 4.79 Å². The summed E-state index contributed by atoms with van der Waals surface area (Å²) in [7, 11) is 0. The van der Waals surface area contributed by atoms with E-state index >= 15 is 0 Å². The summed E-state index contributed by atoms with van der Waals surface area (Å²) in [6, 6.07) is 0. The summed E-state index contributed by atoms with van der Waals surface area (Å²) in [5.41, 5.74) is 1.00. The first-order valence-corrected chi connectivity index (χ1v) is 4.25. The summed E-state index contributed by atoms with van der Waals surface area (Å²) in [6.07, 6.45) is 3.30. The number of carbonyl (C=O) groups is 1. The number of esters is 1. The smallest absolute Gasteiger partial charge is 0.309 e. The molecule has 1 unspecified atom stereocenters. The second-order valence-electron chi connectivity index (χ2n) is 2.91. The van der Waals surface area contributed by atoms with Crippen molar-refractivity contribution < 1.29 is 14.6 Å². The lowest BCUT2D eigenvalue weighted by Gasteiger charge is -2.00. The molecule has 0 fully saturated rings. The lowest BCUT2D eigenvalue weighted by atomic mass is 10.2. The first kappa shape index (κ1) is 9.26. The third kappa shape index (κ3) is 2.66. The number of aliphatic hydroxyl groups excluding tert-OH is 1. The Morgan fingerprint density at radius 2 is 2.58 bits per heavy atom. The second-order valence-corrected chi connectivity index (χ2v) is 2.91. The van der Waals surface area contributed by atoms with E-state index in [4.69, 9.17) is 9.84 Å². The number of aliphatic hydroxyl groups is 1. The van der Waals surface area contributed by atoms with Gasteiger partial charge in [0.25, 0.3) is 0 Å². The van der Waals surface area contributed by atoms with Crippen molar-refractivity contribution in [1.29, 1.82) is 0 Å². The lowest BCUT2D eigenvalue weighted by Crippen LogP contribution is -2.04. The van der Waals surface area contributed by atoms with Crippen molar-refractivity contribution in [2.45, 2.75) is 32.3 Å². The molecule has 0 saturated heterocycles. The van der Waals surface area contributed by atoms with Crippen LogP contribution in [0, 0.1) is 0 Å². The maximum atomic E-state index is 11.0. The Kier molecular flexibility index (Phi) is 3.29. The predicted molar refractivity (Wildman–Crippen MR) is 44.6 cm³/mol. The van der Waals surface area contributed by atoms with Crippen LogP contribution in [0.2, 0.25) is 0 Å². The number of rotatable bonds is 3. The minimum atomic E-state index is -0.352. The van der Waals surface area contributed by atoms with E-state index < -0.39 is 0 Å². The molecule has 0 radical (unpaired) electrons. The summed E-state index contributed by atoms with van der Waals surface area (Å²) in [6.45, 7) is 2.21. The molecule has 68 valence electrons. The fraction of sp³-hybridized carbons (Fsp3) is 0.667. The van der Waals surface area contributed by atoms with E-state index in [1.54, 1.807) is 13.0 Å². The standard InChI is InChI=1S/C9H14O3/c1-2-12-9(11)6-7-3-4-8(10)5-7/h5,8,10H,2-4,6H2,1H3. The first-order chi connectivity index (χ1) is 5.72. The van der Waals surface area contributed by atoms with Crippen LogP contribution < -0.4 is 0 Å². The highest BCUT2D eigenvalue weighted by Gasteiger charge is 2.15. The Bertz CT molecular complexity index is 196. The van der Waals surface area contributed by atoms with E-state index in [1.165, 1.54) is 0 Å². The van der Waals surface area contributed by atoms with Gasteiger partial charge in [0.1, 0.15) is 0 Å². The van der Waals surface area contributed by atoms with Gasteiger partial charge in [-0.1, -0.05) is 11.6 Å². The Morgan fingerprint density at radius 1 is 1.83 bits per heavy atom. The van der Waals surface area contributed by atoms with Crippen LogP contribution in [0.5, 0.6) is 0 Å². The average molecular weight is 170 g/mol. The first-order valence-electron chi connectivity index (χ1n) is 4.25. The van der Waals surface area contributed by atoms with Crippen LogP contribution in [-0.4, -0.2) is 23.8 Å². The third-order valence-electron chi connectivity index (χ3n) is 1.87. The van der Waals surface area contributed by atoms with Gasteiger partial charge < -0.3 is 9.84 Å². The van der Waals surface area contributed by atoms with Gasteiger partial charge in [-0.2, -0.15) is 0 Å². The molecule has 0 heterocycles. The van der Waals surface area contributed by atoms with Crippen LogP contribution in [0.3, 0.4) is 0 Å². The summed E-state index contributed by atoms with van der Waals surface area (Å²) in [4.78, 5) is 11.0. The van der Waals surface area contributed by atoms with Gasteiger partial charge in [0.2, 0.25) is 0 Å². The molecule has 12 heavy (non-hydrogen) atoms. The molecule has 0 aromatic rings. The maximum Gasteiger partial charge on any atom is 0.309 e. The fourth-order valence-electron chi connectivity index (χ4n) is 1.32. The molecule has 3 nitrogen and oxygen atoms in total. The molecule has 1 rings (SSSR count). The van der Waals surface area contributed by atoms with Gasteiger partial charge >= 0.3 is 5.97 Å². The topological polar surface area (TPSA) is 46.5 Å². The average Bonchev–Trinajstić information content (AvgIpc) is 2.36. The van der Waals surface area contributed by atoms with Gasteiger partial charge in [0, 0.05) is 0 Å². The van der Waals surface area contributed by atoms with E-state index in [0.29, 0.717) is 13.0 Å². The van der Waals surface area contributed by atoms with Gasteiger partial charge in [0.15, 0.2) is 0 Å². The zero-order chi connectivity index (χ0) is 8.97. The quantitative estimate of drug-likeness (QED) is 0.508. The number of hydrogen-bond donors (Lipinski definition) is 1. The fourth-order valence-corrected chi connectivity index (χ4v) is 1.32. The largest absolute Gasteiger partial charge is 0.466 e. The van der Waals surface area contributed by atoms with Crippen LogP contribution >= 0.6 is 0 Å². The Labute approximate surface area is 72.0 Å². The molecule has 0 aliphatic heterocycles. The molecule has 0 spiro atoms. The maximum absolute atomic E-state index is 11.0. The lowest BCUT2D eigenvalue weighted by molar-refractivity contribution is -0.142. The van der Waals surface area contributed by atoms with E-state index in [2.05, 4.69) is 0 Å². The van der Waals surface area contributed by atoms with E-state index in [0.717, 1.165) is 18.4 Å². The molecular weight excluding hydrogens is 156 g/mol. The molecular formula is C9H14O3. The van der Waals surface area contributed by atoms with Crippen molar-refractivity contribution in [1.82, 2.24) is 0 Å². The number of hydrogen-bond acceptors (Lipinski definition) is 3. The van der Waals surface area contributed by atoms with Crippen molar-refractivity contribution in [3.05, 3.63) is 11.6 Å². The highest BCUT2D eigenvalue weighted by Crippen LogP contribution is 2.21. The van der Waals surface area contributed by atoms with Crippen LogP contribution in [0.1, 0.15) is 26.2 Å². The molecule has 1 atom stereocenters. The molecule has 0 bridgehead atoms. The van der Waals surface area contributed by atoms with Gasteiger partial charge in [-0.15, -0.1) is 0 Å². The Hall–Kier alpha value is -0.830. The van der Waals surface area contributed by atoms with E-state index in [-0.39, 0.29) is 12.1 Å². The van der Waals surface area contributed by atoms with Gasteiger partial charge in [0.05, 0.1) is 19.1 Å². The van der Waals surface area contributed by atoms with Crippen LogP contribution in [0.25, 0.3) is 0 Å². The minimum Gasteiger partial charge on any atom is -0.466 e. The highest BCUT2D eigenvalue weighted by atomic mass is 16.5. The number of carbonyl (C=O) groups excluding carboxylic acids is 1. The summed E-state index contributed by atoms with van der Waals surface area (Å²) >= 11 is 0. The summed E-state index contributed by atoms with van der Waals surface area (Å²) < 4.78 is 4.78. The minimum absolute atomic E-state index is 0.196. The zero-order valence-corrected chi connectivity index (χ0v) is 7.25. The molecule has 1 N–H and O–H groups in total. The summed E-state index contributed by atoms with van der Waals surface area (Å²) in [5, 5.41) is 9.11. The van der Waals surface area contributed by atoms with Crippen molar-refractivity contribution in [2.24, 2.45) is 0 Å². The summed E-state index contributed by atoms with van der Waals surface area (Å²) in [5.74, 6) is -0.196. The van der Waals surface area contributed by atoms with Gasteiger partial charge in [-0.3, -0.25) is 4.79 Å². The van der Waals surface area contributed by atoms with Crippen LogP contribution in [-0.2, 0) is 9.53 Å². The molecule has 1 aliphatic carbocycles. The SMILES string of the molecule is CCOC(=O)CC1=CC(O)CC1. The van der Waals surface area contributed by atoms with Gasteiger partial charge in [-0.05, 0) is 19.8 Å². The monoisotopic (exact) mass is 170 g/mol. The Morgan fingerprint density at radius 3 is 3.08 bits per heavy atom. The molecule has 3 heteroatoms. The predicted octanol–water partition coefficient (Wildman–Crippen LogP) is 1.02. The molecule has 0 aromatic carbocycles.